The van der Waals surface area contributed by atoms with E-state index in [-0.39, 0.29) is 6.09 Å². The number of hydrogen-bond acceptors (Lipinski definition) is 7. The van der Waals surface area contributed by atoms with Crippen molar-refractivity contribution >= 4 is 35.0 Å². The van der Waals surface area contributed by atoms with E-state index in [0.717, 1.165) is 23.5 Å². The molecule has 1 aromatic carbocycles. The number of amides is 1. The molecule has 0 bridgehead atoms. The minimum atomic E-state index is -2.86. The largest absolute Gasteiger partial charge is 0.468 e. The van der Waals surface area contributed by atoms with E-state index in [9.17, 15) is 9.59 Å². The zero-order chi connectivity index (χ0) is 24.5. The van der Waals surface area contributed by atoms with Crippen LogP contribution in [0.4, 0.5) is 4.79 Å². The van der Waals surface area contributed by atoms with E-state index >= 15 is 0 Å². The van der Waals surface area contributed by atoms with Crippen LogP contribution in [-0.2, 0) is 22.5 Å². The van der Waals surface area contributed by atoms with Crippen LogP contribution < -0.4 is 4.74 Å². The molecule has 2 aromatic rings. The first-order valence-corrected chi connectivity index (χ1v) is 11.3. The summed E-state index contributed by atoms with van der Waals surface area (Å²) in [5.74, 6) is -0.881. The van der Waals surface area contributed by atoms with Crippen LogP contribution in [0.15, 0.2) is 30.3 Å². The second-order valence-electron chi connectivity index (χ2n) is 7.74. The highest BCUT2D eigenvalue weighted by atomic mass is 35.5. The first-order chi connectivity index (χ1) is 16.1. The fourth-order valence-electron chi connectivity index (χ4n) is 3.96. The molecule has 1 aromatic heterocycles. The van der Waals surface area contributed by atoms with Gasteiger partial charge in [0.15, 0.2) is 5.06 Å². The normalized spacial score (nSPS) is 20.2. The summed E-state index contributed by atoms with van der Waals surface area (Å²) in [5, 5.41) is 0.864. The molecule has 166 valence electrons. The van der Waals surface area contributed by atoms with Gasteiger partial charge in [0, 0.05) is 49.2 Å². The number of piperazine rings is 1. The molecule has 0 spiro atoms. The Kier molecular flexibility index (Phi) is 5.69. The van der Waals surface area contributed by atoms with E-state index in [1.165, 1.54) is 11.3 Å². The van der Waals surface area contributed by atoms with Gasteiger partial charge in [0.05, 0.1) is 11.2 Å². The van der Waals surface area contributed by atoms with Crippen molar-refractivity contribution in [1.82, 2.24) is 14.7 Å². The van der Waals surface area contributed by atoms with Crippen molar-refractivity contribution < 1.29 is 23.2 Å². The average Bonchev–Trinajstić information content (AvgIpc) is 3.16. The van der Waals surface area contributed by atoms with Crippen molar-refractivity contribution in [3.05, 3.63) is 51.4 Å². The number of halogens is 1. The lowest BCUT2D eigenvalue weighted by Crippen LogP contribution is -2.48. The lowest BCUT2D eigenvalue weighted by molar-refractivity contribution is -0.147. The summed E-state index contributed by atoms with van der Waals surface area (Å²) in [5.41, 5.74) is 1.41. The molecule has 9 heteroatoms. The van der Waals surface area contributed by atoms with Gasteiger partial charge in [0.1, 0.15) is 6.04 Å². The third-order valence-electron chi connectivity index (χ3n) is 5.71. The lowest BCUT2D eigenvalue weighted by atomic mass is 10.0. The number of hydrogen-bond donors (Lipinski definition) is 0. The number of ether oxygens (including phenoxy) is 2. The Morgan fingerprint density at radius 1 is 1.19 bits per heavy atom. The van der Waals surface area contributed by atoms with E-state index in [0.29, 0.717) is 48.2 Å². The van der Waals surface area contributed by atoms with Gasteiger partial charge in [-0.05, 0) is 36.7 Å². The highest BCUT2D eigenvalue weighted by molar-refractivity contribution is 7.14. The van der Waals surface area contributed by atoms with Crippen LogP contribution in [-0.4, -0.2) is 73.6 Å². The second kappa shape index (κ2) is 9.56. The van der Waals surface area contributed by atoms with Crippen LogP contribution in [0.5, 0.6) is 5.06 Å². The predicted octanol–water partition coefficient (Wildman–Crippen LogP) is 3.42. The molecule has 3 heterocycles. The van der Waals surface area contributed by atoms with Gasteiger partial charge in [0.2, 0.25) is 0 Å². The number of carbonyl (C=O) groups excluding carboxylic acids is 2. The minimum absolute atomic E-state index is 0.355. The van der Waals surface area contributed by atoms with Gasteiger partial charge in [-0.15, -0.1) is 11.3 Å². The van der Waals surface area contributed by atoms with Crippen molar-refractivity contribution in [2.75, 3.05) is 46.8 Å². The van der Waals surface area contributed by atoms with Gasteiger partial charge in [-0.3, -0.25) is 4.90 Å². The molecular weight excluding hydrogens is 438 g/mol. The lowest BCUT2D eigenvalue weighted by Gasteiger charge is -2.33. The number of benzene rings is 1. The molecule has 1 saturated heterocycles. The fourth-order valence-corrected chi connectivity index (χ4v) is 5.21. The summed E-state index contributed by atoms with van der Waals surface area (Å²) >= 11 is 7.78. The summed E-state index contributed by atoms with van der Waals surface area (Å²) < 4.78 is 32.5. The van der Waals surface area contributed by atoms with Crippen LogP contribution in [0.3, 0.4) is 0 Å². The quantitative estimate of drug-likeness (QED) is 0.643. The zero-order valence-corrected chi connectivity index (χ0v) is 18.7. The molecule has 4 rings (SSSR count). The molecule has 0 N–H and O–H groups in total. The smallest absolute Gasteiger partial charge is 0.416 e. The standard InChI is InChI=1S/C22H26ClN3O4S/c1-24-9-11-25(12-10-24)22(28)30-19-13-15-14-26(8-7-18(15)31-19)20(21(27)29-2)16-5-3-4-6-17(16)23/h3-6,13,20H,7-12,14H2,1-2H3/t20-/m0/s1/i2D3. The van der Waals surface area contributed by atoms with Crippen molar-refractivity contribution in [2.45, 2.75) is 19.0 Å². The Balaban J connectivity index is 1.51. The Hall–Kier alpha value is -2.13. The van der Waals surface area contributed by atoms with Crippen LogP contribution in [0, 0.1) is 0 Å². The molecule has 0 aliphatic carbocycles. The van der Waals surface area contributed by atoms with E-state index < -0.39 is 19.0 Å². The molecule has 0 unspecified atom stereocenters. The highest BCUT2D eigenvalue weighted by Gasteiger charge is 2.33. The number of esters is 1. The molecule has 1 amide bonds. The first-order valence-electron chi connectivity index (χ1n) is 11.6. The summed E-state index contributed by atoms with van der Waals surface area (Å²) in [6, 6.07) is 7.68. The summed E-state index contributed by atoms with van der Waals surface area (Å²) in [6.07, 6.45) is 0.257. The van der Waals surface area contributed by atoms with Gasteiger partial charge in [-0.2, -0.15) is 0 Å². The van der Waals surface area contributed by atoms with E-state index in [2.05, 4.69) is 4.90 Å². The van der Waals surface area contributed by atoms with Crippen LogP contribution in [0.2, 0.25) is 5.02 Å². The summed E-state index contributed by atoms with van der Waals surface area (Å²) in [6.45, 7) is 3.72. The average molecular weight is 467 g/mol. The monoisotopic (exact) mass is 466 g/mol. The van der Waals surface area contributed by atoms with E-state index in [1.807, 2.05) is 18.0 Å². The molecule has 1 fully saturated rings. The number of nitrogens with zero attached hydrogens (tertiary/aromatic N) is 3. The zero-order valence-electron chi connectivity index (χ0n) is 20.2. The molecule has 7 nitrogen and oxygen atoms in total. The topological polar surface area (TPSA) is 62.3 Å². The SMILES string of the molecule is [2H]C([2H])([2H])OC(=O)[C@H](c1ccccc1Cl)N1CCc2sc(OC(=O)N3CCN(C)CC3)cc2C1. The summed E-state index contributed by atoms with van der Waals surface area (Å²) in [4.78, 5) is 32.2. The Morgan fingerprint density at radius 2 is 1.97 bits per heavy atom. The van der Waals surface area contributed by atoms with Crippen molar-refractivity contribution in [3.8, 4) is 5.06 Å². The van der Waals surface area contributed by atoms with Crippen molar-refractivity contribution in [1.29, 1.82) is 0 Å². The van der Waals surface area contributed by atoms with Crippen molar-refractivity contribution in [3.63, 3.8) is 0 Å². The Labute approximate surface area is 195 Å². The van der Waals surface area contributed by atoms with Gasteiger partial charge in [-0.25, -0.2) is 9.59 Å². The number of thiophene rings is 1. The maximum atomic E-state index is 12.9. The number of rotatable bonds is 4. The van der Waals surface area contributed by atoms with E-state index in [4.69, 9.17) is 25.2 Å². The Bertz CT molecular complexity index is 1060. The van der Waals surface area contributed by atoms with Crippen LogP contribution >= 0.6 is 22.9 Å². The third-order valence-corrected chi connectivity index (χ3v) is 7.17. The van der Waals surface area contributed by atoms with Gasteiger partial charge in [0.25, 0.3) is 0 Å². The minimum Gasteiger partial charge on any atom is -0.468 e. The molecule has 0 saturated carbocycles. The van der Waals surface area contributed by atoms with Gasteiger partial charge < -0.3 is 19.3 Å². The first kappa shape index (κ1) is 18.4. The second-order valence-corrected chi connectivity index (χ2v) is 9.24. The maximum Gasteiger partial charge on any atom is 0.416 e. The number of methoxy groups -OCH3 is 1. The summed E-state index contributed by atoms with van der Waals surface area (Å²) in [7, 11) is -0.837. The van der Waals surface area contributed by atoms with Crippen LogP contribution in [0.25, 0.3) is 0 Å². The van der Waals surface area contributed by atoms with Gasteiger partial charge in [-0.1, -0.05) is 29.8 Å². The molecule has 0 radical (unpaired) electrons. The molecule has 31 heavy (non-hydrogen) atoms. The van der Waals surface area contributed by atoms with Crippen molar-refractivity contribution in [2.24, 2.45) is 0 Å². The third kappa shape index (κ3) is 4.87. The molecule has 1 atom stereocenters. The predicted molar refractivity (Wildman–Crippen MR) is 120 cm³/mol. The maximum absolute atomic E-state index is 12.9. The highest BCUT2D eigenvalue weighted by Crippen LogP contribution is 2.38. The molecule has 2 aliphatic heterocycles. The Morgan fingerprint density at radius 3 is 2.71 bits per heavy atom. The molecular formula is C22H26ClN3O4S. The molecule has 2 aliphatic rings. The number of fused-ring (bicyclic) bond motifs is 1. The van der Waals surface area contributed by atoms with E-state index in [1.54, 1.807) is 29.2 Å². The van der Waals surface area contributed by atoms with Crippen LogP contribution in [0.1, 0.15) is 26.2 Å². The fraction of sp³-hybridized carbons (Fsp3) is 0.455. The number of likely N-dealkylation sites (N-methyl/N-ethyl adjacent to an activating group) is 1. The number of carbonyl (C=O) groups is 2. The van der Waals surface area contributed by atoms with Gasteiger partial charge >= 0.3 is 12.1 Å².